The molecule has 1 aliphatic rings. The summed E-state index contributed by atoms with van der Waals surface area (Å²) in [5, 5.41) is 19.2. The quantitative estimate of drug-likeness (QED) is 0.624. The van der Waals surface area contributed by atoms with Crippen LogP contribution in [-0.4, -0.2) is 31.6 Å². The van der Waals surface area contributed by atoms with Crippen molar-refractivity contribution in [3.63, 3.8) is 0 Å². The molecular weight excluding hydrogens is 418 g/mol. The second-order valence-electron chi connectivity index (χ2n) is 9.03. The van der Waals surface area contributed by atoms with Gasteiger partial charge in [-0.2, -0.15) is 10.4 Å². The van der Waals surface area contributed by atoms with E-state index in [1.165, 1.54) is 12.4 Å². The minimum atomic E-state index is -0.398. The van der Waals surface area contributed by atoms with Gasteiger partial charge < -0.3 is 10.6 Å². The predicted octanol–water partition coefficient (Wildman–Crippen LogP) is 2.65. The first-order valence-electron chi connectivity index (χ1n) is 10.7. The van der Waals surface area contributed by atoms with E-state index in [9.17, 15) is 9.59 Å². The fourth-order valence-electron chi connectivity index (χ4n) is 3.77. The Labute approximate surface area is 191 Å². The largest absolute Gasteiger partial charge is 0.347 e. The molecule has 33 heavy (non-hydrogen) atoms. The zero-order valence-corrected chi connectivity index (χ0v) is 18.8. The highest BCUT2D eigenvalue weighted by Crippen LogP contribution is 2.31. The SMILES string of the molecule is CC(C)(C)n1cc(CNC(=O)c2cc(C(=O)N[C@H]3CCc4cc(C#N)ccc43)ncn2)cn1. The van der Waals surface area contributed by atoms with E-state index in [1.807, 2.05) is 43.8 Å². The van der Waals surface area contributed by atoms with Crippen molar-refractivity contribution in [2.45, 2.75) is 51.7 Å². The Morgan fingerprint density at radius 1 is 1.18 bits per heavy atom. The summed E-state index contributed by atoms with van der Waals surface area (Å²) in [7, 11) is 0. The lowest BCUT2D eigenvalue weighted by atomic mass is 10.1. The lowest BCUT2D eigenvalue weighted by molar-refractivity contribution is 0.0931. The van der Waals surface area contributed by atoms with E-state index in [0.29, 0.717) is 12.1 Å². The van der Waals surface area contributed by atoms with Gasteiger partial charge in [-0.1, -0.05) is 6.07 Å². The van der Waals surface area contributed by atoms with Crippen LogP contribution < -0.4 is 10.6 Å². The van der Waals surface area contributed by atoms with Crippen molar-refractivity contribution in [3.8, 4) is 6.07 Å². The van der Waals surface area contributed by atoms with Gasteiger partial charge in [-0.15, -0.1) is 0 Å². The van der Waals surface area contributed by atoms with Gasteiger partial charge in [0.1, 0.15) is 17.7 Å². The van der Waals surface area contributed by atoms with Crippen LogP contribution >= 0.6 is 0 Å². The van der Waals surface area contributed by atoms with Gasteiger partial charge in [0.25, 0.3) is 11.8 Å². The molecule has 9 nitrogen and oxygen atoms in total. The average molecular weight is 444 g/mol. The Bertz CT molecular complexity index is 1250. The number of aromatic nitrogens is 4. The first kappa shape index (κ1) is 22.1. The maximum absolute atomic E-state index is 12.8. The fourth-order valence-corrected chi connectivity index (χ4v) is 3.77. The van der Waals surface area contributed by atoms with Crippen LogP contribution in [0.15, 0.2) is 43.0 Å². The predicted molar refractivity (Wildman–Crippen MR) is 120 cm³/mol. The Kier molecular flexibility index (Phi) is 5.92. The maximum Gasteiger partial charge on any atom is 0.270 e. The summed E-state index contributed by atoms with van der Waals surface area (Å²) >= 11 is 0. The molecule has 2 N–H and O–H groups in total. The van der Waals surface area contributed by atoms with Gasteiger partial charge in [-0.25, -0.2) is 9.97 Å². The molecule has 3 aromatic rings. The second-order valence-corrected chi connectivity index (χ2v) is 9.03. The standard InChI is InChI=1S/C24H25N7O2/c1-24(2,3)31-13-16(12-29-31)11-26-22(32)20-9-21(28-14-27-20)23(33)30-19-7-5-17-8-15(10-25)4-6-18(17)19/h4,6,8-9,12-14,19H,5,7,11H2,1-3H3,(H,26,32)(H,30,33)/t19-/m0/s1. The van der Waals surface area contributed by atoms with E-state index in [2.05, 4.69) is 31.8 Å². The highest BCUT2D eigenvalue weighted by Gasteiger charge is 2.25. The van der Waals surface area contributed by atoms with Crippen molar-refractivity contribution in [1.82, 2.24) is 30.4 Å². The van der Waals surface area contributed by atoms with E-state index in [-0.39, 0.29) is 28.9 Å². The molecular formula is C24H25N7O2. The number of nitrogens with one attached hydrogen (secondary N) is 2. The molecule has 0 radical (unpaired) electrons. The van der Waals surface area contributed by atoms with Crippen LogP contribution in [-0.2, 0) is 18.5 Å². The van der Waals surface area contributed by atoms with E-state index in [4.69, 9.17) is 5.26 Å². The minimum Gasteiger partial charge on any atom is -0.347 e. The zero-order valence-electron chi connectivity index (χ0n) is 18.8. The first-order chi connectivity index (χ1) is 15.7. The van der Waals surface area contributed by atoms with Crippen LogP contribution in [0.5, 0.6) is 0 Å². The number of amides is 2. The molecule has 1 atom stereocenters. The first-order valence-corrected chi connectivity index (χ1v) is 10.7. The topological polar surface area (TPSA) is 126 Å². The van der Waals surface area contributed by atoms with E-state index in [0.717, 1.165) is 29.5 Å². The number of carbonyl (C=O) groups excluding carboxylic acids is 2. The third-order valence-electron chi connectivity index (χ3n) is 5.56. The molecule has 0 bridgehead atoms. The summed E-state index contributed by atoms with van der Waals surface area (Å²) in [6.45, 7) is 6.43. The smallest absolute Gasteiger partial charge is 0.270 e. The highest BCUT2D eigenvalue weighted by molar-refractivity contribution is 5.97. The van der Waals surface area contributed by atoms with Crippen LogP contribution in [0.1, 0.15) is 76.5 Å². The number of rotatable bonds is 5. The van der Waals surface area contributed by atoms with Crippen molar-refractivity contribution in [2.24, 2.45) is 0 Å². The van der Waals surface area contributed by atoms with Gasteiger partial charge in [-0.3, -0.25) is 14.3 Å². The molecule has 168 valence electrons. The van der Waals surface area contributed by atoms with Gasteiger partial charge in [0.05, 0.1) is 29.4 Å². The molecule has 0 unspecified atom stereocenters. The molecule has 0 spiro atoms. The van der Waals surface area contributed by atoms with E-state index < -0.39 is 5.91 Å². The molecule has 0 saturated carbocycles. The number of hydrogen-bond acceptors (Lipinski definition) is 6. The van der Waals surface area contributed by atoms with Crippen LogP contribution in [0.2, 0.25) is 0 Å². The van der Waals surface area contributed by atoms with E-state index in [1.54, 1.807) is 12.3 Å². The number of carbonyl (C=O) groups is 2. The Balaban J connectivity index is 1.39. The summed E-state index contributed by atoms with van der Waals surface area (Å²) in [6, 6.07) is 8.86. The van der Waals surface area contributed by atoms with Crippen LogP contribution in [0, 0.1) is 11.3 Å². The molecule has 1 aliphatic carbocycles. The monoisotopic (exact) mass is 443 g/mol. The lowest BCUT2D eigenvalue weighted by Gasteiger charge is -2.18. The molecule has 0 aliphatic heterocycles. The van der Waals surface area contributed by atoms with E-state index >= 15 is 0 Å². The highest BCUT2D eigenvalue weighted by atomic mass is 16.2. The van der Waals surface area contributed by atoms with Gasteiger partial charge in [0, 0.05) is 24.4 Å². The molecule has 1 aromatic carbocycles. The van der Waals surface area contributed by atoms with Crippen molar-refractivity contribution in [1.29, 1.82) is 5.26 Å². The summed E-state index contributed by atoms with van der Waals surface area (Å²) in [6.07, 6.45) is 6.35. The zero-order chi connectivity index (χ0) is 23.6. The number of benzene rings is 1. The third kappa shape index (κ3) is 4.90. The van der Waals surface area contributed by atoms with Crippen molar-refractivity contribution >= 4 is 11.8 Å². The molecule has 9 heteroatoms. The average Bonchev–Trinajstić information content (AvgIpc) is 3.44. The van der Waals surface area contributed by atoms with Gasteiger partial charge in [0.15, 0.2) is 0 Å². The lowest BCUT2D eigenvalue weighted by Crippen LogP contribution is -2.29. The number of aryl methyl sites for hydroxylation is 1. The van der Waals surface area contributed by atoms with Crippen molar-refractivity contribution in [3.05, 3.63) is 76.6 Å². The van der Waals surface area contributed by atoms with Crippen molar-refractivity contribution in [2.75, 3.05) is 0 Å². The fraction of sp³-hybridized carbons (Fsp3) is 0.333. The van der Waals surface area contributed by atoms with Crippen LogP contribution in [0.4, 0.5) is 0 Å². The second kappa shape index (κ2) is 8.82. The number of hydrogen-bond donors (Lipinski definition) is 2. The summed E-state index contributed by atoms with van der Waals surface area (Å²) in [5.74, 6) is -0.773. The number of nitrogens with zero attached hydrogens (tertiary/aromatic N) is 5. The molecule has 0 saturated heterocycles. The van der Waals surface area contributed by atoms with Crippen LogP contribution in [0.3, 0.4) is 0 Å². The van der Waals surface area contributed by atoms with Crippen LogP contribution in [0.25, 0.3) is 0 Å². The summed E-state index contributed by atoms with van der Waals surface area (Å²) < 4.78 is 1.84. The summed E-state index contributed by atoms with van der Waals surface area (Å²) in [4.78, 5) is 33.4. The van der Waals surface area contributed by atoms with Crippen molar-refractivity contribution < 1.29 is 9.59 Å². The Hall–Kier alpha value is -4.06. The molecule has 4 rings (SSSR count). The number of nitriles is 1. The number of fused-ring (bicyclic) bond motifs is 1. The Morgan fingerprint density at radius 3 is 2.64 bits per heavy atom. The minimum absolute atomic E-state index is 0.115. The van der Waals surface area contributed by atoms with Gasteiger partial charge in [0.2, 0.25) is 0 Å². The third-order valence-corrected chi connectivity index (χ3v) is 5.56. The molecule has 0 fully saturated rings. The maximum atomic E-state index is 12.8. The summed E-state index contributed by atoms with van der Waals surface area (Å²) in [5.41, 5.74) is 3.64. The normalized spacial score (nSPS) is 14.9. The molecule has 2 aromatic heterocycles. The van der Waals surface area contributed by atoms with Gasteiger partial charge in [-0.05, 0) is 56.9 Å². The van der Waals surface area contributed by atoms with Gasteiger partial charge >= 0.3 is 0 Å². The molecule has 2 amide bonds. The molecule has 2 heterocycles. The Morgan fingerprint density at radius 2 is 1.94 bits per heavy atom.